The van der Waals surface area contributed by atoms with Crippen molar-refractivity contribution in [1.29, 1.82) is 0 Å². The normalized spacial score (nSPS) is 17.0. The summed E-state index contributed by atoms with van der Waals surface area (Å²) in [6, 6.07) is -0.874. The molecule has 0 radical (unpaired) electrons. The number of carbonyl (C=O) groups excluding carboxylic acids is 2. The van der Waals surface area contributed by atoms with E-state index in [4.69, 9.17) is 30.6 Å². The Balaban J connectivity index is 0. The maximum absolute atomic E-state index is 10.3. The van der Waals surface area contributed by atoms with Crippen molar-refractivity contribution in [2.75, 3.05) is 12.4 Å². The predicted molar refractivity (Wildman–Crippen MR) is 76.3 cm³/mol. The molecule has 0 bridgehead atoms. The molecule has 7 N–H and O–H groups in total. The lowest BCUT2D eigenvalue weighted by atomic mass is 10.0. The van der Waals surface area contributed by atoms with Gasteiger partial charge in [0.1, 0.15) is 30.5 Å². The minimum atomic E-state index is -1.79. The monoisotopic (exact) mass is 343 g/mol. The maximum Gasteiger partial charge on any atom is 0.327 e. The summed E-state index contributed by atoms with van der Waals surface area (Å²) >= 11 is 3.73. The molecule has 0 aromatic rings. The number of carboxylic acids is 1. The van der Waals surface area contributed by atoms with Crippen LogP contribution >= 0.6 is 12.6 Å². The lowest BCUT2D eigenvalue weighted by molar-refractivity contribution is -0.140. The number of carbonyl (C=O) groups is 3. The molecule has 0 aliphatic heterocycles. The third-order valence-corrected chi connectivity index (χ3v) is 2.64. The van der Waals surface area contributed by atoms with Crippen LogP contribution in [0.5, 0.6) is 0 Å². The first-order valence-corrected chi connectivity index (χ1v) is 6.64. The first kappa shape index (κ1) is 23.0. The quantitative estimate of drug-likeness (QED) is 0.161. The molecule has 0 heterocycles. The fourth-order valence-corrected chi connectivity index (χ4v) is 1.30. The second-order valence-electron chi connectivity index (χ2n) is 4.13. The number of hydrogen-bond donors (Lipinski definition) is 8. The molecule has 0 fully saturated rings. The number of rotatable bonds is 8. The topological polar surface area (TPSA) is 185 Å². The molecule has 0 spiro atoms. The average Bonchev–Trinajstić information content (AvgIpc) is 2.49. The SMILES string of the molecule is CC(=O)NC(CS)C(=O)O.O=CC(O)C(O)C(O)C(O)CO. The highest BCUT2D eigenvalue weighted by Crippen LogP contribution is 2.02. The van der Waals surface area contributed by atoms with Gasteiger partial charge in [0.2, 0.25) is 5.91 Å². The van der Waals surface area contributed by atoms with Gasteiger partial charge in [-0.2, -0.15) is 12.6 Å². The van der Waals surface area contributed by atoms with Crippen molar-refractivity contribution in [3.05, 3.63) is 0 Å². The van der Waals surface area contributed by atoms with Gasteiger partial charge in [-0.25, -0.2) is 4.79 Å². The van der Waals surface area contributed by atoms with E-state index < -0.39 is 43.0 Å². The van der Waals surface area contributed by atoms with Crippen molar-refractivity contribution in [1.82, 2.24) is 5.32 Å². The average molecular weight is 343 g/mol. The fraction of sp³-hybridized carbons (Fsp3) is 0.727. The number of aliphatic hydroxyl groups excluding tert-OH is 5. The van der Waals surface area contributed by atoms with Gasteiger partial charge >= 0.3 is 5.97 Å². The van der Waals surface area contributed by atoms with Crippen LogP contribution in [-0.4, -0.2) is 91.6 Å². The third-order valence-electron chi connectivity index (χ3n) is 2.28. The number of amides is 1. The second kappa shape index (κ2) is 12.3. The number of thiol groups is 1. The zero-order chi connectivity index (χ0) is 17.9. The highest BCUT2D eigenvalue weighted by molar-refractivity contribution is 7.80. The molecule has 10 nitrogen and oxygen atoms in total. The Morgan fingerprint density at radius 1 is 1.18 bits per heavy atom. The van der Waals surface area contributed by atoms with Crippen molar-refractivity contribution in [2.45, 2.75) is 37.4 Å². The van der Waals surface area contributed by atoms with Crippen LogP contribution in [0.25, 0.3) is 0 Å². The number of aldehydes is 1. The Morgan fingerprint density at radius 3 is 1.91 bits per heavy atom. The summed E-state index contributed by atoms with van der Waals surface area (Å²) in [4.78, 5) is 30.4. The van der Waals surface area contributed by atoms with Crippen LogP contribution in [0, 0.1) is 0 Å². The predicted octanol–water partition coefficient (Wildman–Crippen LogP) is -3.87. The van der Waals surface area contributed by atoms with Crippen LogP contribution < -0.4 is 5.32 Å². The molecule has 5 atom stereocenters. The Hall–Kier alpha value is -1.24. The summed E-state index contributed by atoms with van der Waals surface area (Å²) in [6.07, 6.45) is -6.84. The molecule has 0 aromatic carbocycles. The van der Waals surface area contributed by atoms with E-state index in [9.17, 15) is 14.4 Å². The van der Waals surface area contributed by atoms with E-state index in [1.54, 1.807) is 0 Å². The largest absolute Gasteiger partial charge is 0.480 e. The Morgan fingerprint density at radius 2 is 1.68 bits per heavy atom. The summed E-state index contributed by atoms with van der Waals surface area (Å²) in [5.41, 5.74) is 0. The van der Waals surface area contributed by atoms with Gasteiger partial charge in [0.15, 0.2) is 6.29 Å². The first-order chi connectivity index (χ1) is 10.1. The fourth-order valence-electron chi connectivity index (χ4n) is 1.05. The smallest absolute Gasteiger partial charge is 0.327 e. The second-order valence-corrected chi connectivity index (χ2v) is 4.50. The molecule has 0 aliphatic carbocycles. The van der Waals surface area contributed by atoms with Crippen molar-refractivity contribution < 1.29 is 45.0 Å². The maximum atomic E-state index is 10.3. The van der Waals surface area contributed by atoms with Crippen molar-refractivity contribution in [3.63, 3.8) is 0 Å². The lowest BCUT2D eigenvalue weighted by Crippen LogP contribution is -2.46. The van der Waals surface area contributed by atoms with Crippen LogP contribution in [0.4, 0.5) is 0 Å². The van der Waals surface area contributed by atoms with Gasteiger partial charge in [-0.15, -0.1) is 0 Å². The van der Waals surface area contributed by atoms with Gasteiger partial charge in [0, 0.05) is 12.7 Å². The molecule has 5 unspecified atom stereocenters. The summed E-state index contributed by atoms with van der Waals surface area (Å²) in [7, 11) is 0. The third kappa shape index (κ3) is 9.65. The molecule has 11 heteroatoms. The first-order valence-electron chi connectivity index (χ1n) is 6.01. The number of carboxylic acid groups (broad SMARTS) is 1. The van der Waals surface area contributed by atoms with Crippen LogP contribution in [0.15, 0.2) is 0 Å². The summed E-state index contributed by atoms with van der Waals surface area (Å²) < 4.78 is 0. The van der Waals surface area contributed by atoms with Gasteiger partial charge in [-0.05, 0) is 0 Å². The number of aliphatic carboxylic acids is 1. The molecule has 0 aromatic heterocycles. The summed E-state index contributed by atoms with van der Waals surface area (Å²) in [5.74, 6) is -1.32. The van der Waals surface area contributed by atoms with E-state index in [0.29, 0.717) is 0 Å². The van der Waals surface area contributed by atoms with E-state index in [2.05, 4.69) is 17.9 Å². The van der Waals surface area contributed by atoms with Gasteiger partial charge in [0.05, 0.1) is 6.61 Å². The van der Waals surface area contributed by atoms with E-state index in [1.807, 2.05) is 0 Å². The molecule has 0 aliphatic rings. The summed E-state index contributed by atoms with van der Waals surface area (Å²) in [6.45, 7) is 0.503. The summed E-state index contributed by atoms with van der Waals surface area (Å²) in [5, 5.41) is 54.1. The molecule has 1 amide bonds. The van der Waals surface area contributed by atoms with E-state index in [0.717, 1.165) is 0 Å². The molecular weight excluding hydrogens is 322 g/mol. The van der Waals surface area contributed by atoms with Crippen molar-refractivity contribution in [3.8, 4) is 0 Å². The van der Waals surface area contributed by atoms with Crippen LogP contribution in [0.3, 0.4) is 0 Å². The van der Waals surface area contributed by atoms with E-state index in [-0.39, 0.29) is 17.9 Å². The molecule has 0 rings (SSSR count). The Kier molecular flexibility index (Phi) is 12.9. The molecule has 22 heavy (non-hydrogen) atoms. The molecule has 0 saturated carbocycles. The number of aliphatic hydroxyl groups is 5. The van der Waals surface area contributed by atoms with E-state index in [1.165, 1.54) is 6.92 Å². The van der Waals surface area contributed by atoms with Gasteiger partial charge in [-0.3, -0.25) is 4.79 Å². The minimum absolute atomic E-state index is 0.0258. The standard InChI is InChI=1S/C6H12O6.C5H9NO3S/c7-1-3(9)5(11)6(12)4(10)2-8;1-3(7)6-4(2-10)5(8)9/h1,3-6,8-12H,2H2;4,10H,2H2,1H3,(H,6,7)(H,8,9). The highest BCUT2D eigenvalue weighted by Gasteiger charge is 2.29. The Labute approximate surface area is 131 Å². The molecule has 0 saturated heterocycles. The highest BCUT2D eigenvalue weighted by atomic mass is 32.1. The van der Waals surface area contributed by atoms with Crippen LogP contribution in [0.1, 0.15) is 6.92 Å². The zero-order valence-corrected chi connectivity index (χ0v) is 12.6. The van der Waals surface area contributed by atoms with Gasteiger partial charge < -0.3 is 40.8 Å². The molecule has 130 valence electrons. The lowest BCUT2D eigenvalue weighted by Gasteiger charge is -2.22. The van der Waals surface area contributed by atoms with Crippen LogP contribution in [0.2, 0.25) is 0 Å². The Bertz CT molecular complexity index is 354. The van der Waals surface area contributed by atoms with Crippen molar-refractivity contribution in [2.24, 2.45) is 0 Å². The van der Waals surface area contributed by atoms with Crippen molar-refractivity contribution >= 4 is 30.8 Å². The zero-order valence-electron chi connectivity index (χ0n) is 11.7. The van der Waals surface area contributed by atoms with Gasteiger partial charge in [-0.1, -0.05) is 0 Å². The van der Waals surface area contributed by atoms with E-state index >= 15 is 0 Å². The number of hydrogen-bond acceptors (Lipinski definition) is 9. The molecular formula is C11H21NO9S. The van der Waals surface area contributed by atoms with Gasteiger partial charge in [0.25, 0.3) is 0 Å². The van der Waals surface area contributed by atoms with Crippen LogP contribution in [-0.2, 0) is 14.4 Å². The minimum Gasteiger partial charge on any atom is -0.480 e. The number of nitrogens with one attached hydrogen (secondary N) is 1.